The lowest BCUT2D eigenvalue weighted by Gasteiger charge is -2.27. The summed E-state index contributed by atoms with van der Waals surface area (Å²) in [5.41, 5.74) is 6.26. The molecule has 0 aliphatic heterocycles. The summed E-state index contributed by atoms with van der Waals surface area (Å²) in [6.07, 6.45) is 0. The van der Waals surface area contributed by atoms with Gasteiger partial charge in [-0.3, -0.25) is 9.80 Å². The van der Waals surface area contributed by atoms with E-state index in [0.717, 1.165) is 46.0 Å². The molecular formula is C31H29N5. The van der Waals surface area contributed by atoms with E-state index in [1.165, 1.54) is 11.1 Å². The Balaban J connectivity index is 1.69. The number of benzene rings is 2. The Labute approximate surface area is 212 Å². The van der Waals surface area contributed by atoms with Gasteiger partial charge in [-0.15, -0.1) is 0 Å². The maximum atomic E-state index is 5.17. The number of anilines is 6. The van der Waals surface area contributed by atoms with Gasteiger partial charge in [0.2, 0.25) is 0 Å². The molecule has 3 aromatic heterocycles. The summed E-state index contributed by atoms with van der Waals surface area (Å²) in [6.45, 7) is 8.20. The number of rotatable bonds is 6. The Hall–Kier alpha value is -4.51. The van der Waals surface area contributed by atoms with E-state index in [-0.39, 0.29) is 0 Å². The molecule has 5 rings (SSSR count). The van der Waals surface area contributed by atoms with Crippen molar-refractivity contribution in [2.45, 2.75) is 27.7 Å². The van der Waals surface area contributed by atoms with Crippen LogP contribution >= 0.6 is 0 Å². The third-order valence-electron chi connectivity index (χ3n) is 5.90. The van der Waals surface area contributed by atoms with Crippen LogP contribution in [0.25, 0.3) is 0 Å². The highest BCUT2D eigenvalue weighted by atomic mass is 15.3. The first-order chi connectivity index (χ1) is 17.5. The number of pyridine rings is 3. The number of nitrogens with zero attached hydrogens (tertiary/aromatic N) is 5. The lowest BCUT2D eigenvalue weighted by Crippen LogP contribution is -2.17. The second-order valence-corrected chi connectivity index (χ2v) is 8.98. The van der Waals surface area contributed by atoms with E-state index in [1.807, 2.05) is 68.4 Å². The SMILES string of the molecule is Cc1cccc(N(c2cccc(C)n2)c2cccc(N(c3cccc(C)c3)c3cccc(C)n3)n2)c1. The van der Waals surface area contributed by atoms with Crippen molar-refractivity contribution < 1.29 is 0 Å². The van der Waals surface area contributed by atoms with E-state index >= 15 is 0 Å². The summed E-state index contributed by atoms with van der Waals surface area (Å²) in [4.78, 5) is 19.0. The third-order valence-corrected chi connectivity index (χ3v) is 5.90. The van der Waals surface area contributed by atoms with E-state index in [9.17, 15) is 0 Å². The van der Waals surface area contributed by atoms with Crippen molar-refractivity contribution in [3.8, 4) is 0 Å². The van der Waals surface area contributed by atoms with Gasteiger partial charge in [-0.25, -0.2) is 15.0 Å². The van der Waals surface area contributed by atoms with Gasteiger partial charge in [0.15, 0.2) is 0 Å². The van der Waals surface area contributed by atoms with Crippen LogP contribution in [-0.4, -0.2) is 15.0 Å². The molecule has 0 fully saturated rings. The maximum absolute atomic E-state index is 5.17. The Morgan fingerprint density at radius 2 is 0.778 bits per heavy atom. The van der Waals surface area contributed by atoms with Gasteiger partial charge in [-0.2, -0.15) is 0 Å². The Morgan fingerprint density at radius 1 is 0.417 bits per heavy atom. The van der Waals surface area contributed by atoms with Gasteiger partial charge >= 0.3 is 0 Å². The van der Waals surface area contributed by atoms with E-state index in [0.29, 0.717) is 0 Å². The molecule has 0 N–H and O–H groups in total. The highest BCUT2D eigenvalue weighted by Crippen LogP contribution is 2.37. The largest absolute Gasteiger partial charge is 0.279 e. The minimum atomic E-state index is 0.779. The van der Waals surface area contributed by atoms with Crippen molar-refractivity contribution in [2.75, 3.05) is 9.80 Å². The molecule has 5 nitrogen and oxygen atoms in total. The van der Waals surface area contributed by atoms with Gasteiger partial charge in [0.05, 0.1) is 0 Å². The van der Waals surface area contributed by atoms with Crippen LogP contribution in [0.2, 0.25) is 0 Å². The van der Waals surface area contributed by atoms with Gasteiger partial charge in [-0.05, 0) is 99.5 Å². The topological polar surface area (TPSA) is 45.2 Å². The Bertz CT molecular complexity index is 1310. The van der Waals surface area contributed by atoms with Gasteiger partial charge in [0.25, 0.3) is 0 Å². The molecule has 0 aliphatic carbocycles. The molecule has 5 heteroatoms. The van der Waals surface area contributed by atoms with Crippen molar-refractivity contribution in [2.24, 2.45) is 0 Å². The molecule has 0 spiro atoms. The highest BCUT2D eigenvalue weighted by molar-refractivity contribution is 5.77. The smallest absolute Gasteiger partial charge is 0.141 e. The van der Waals surface area contributed by atoms with Crippen LogP contribution in [0.1, 0.15) is 22.5 Å². The van der Waals surface area contributed by atoms with Crippen molar-refractivity contribution >= 4 is 34.6 Å². The average molecular weight is 472 g/mol. The Morgan fingerprint density at radius 3 is 1.17 bits per heavy atom. The molecule has 3 heterocycles. The number of hydrogen-bond donors (Lipinski definition) is 0. The Kier molecular flexibility index (Phi) is 6.46. The minimum absolute atomic E-state index is 0.779. The summed E-state index contributed by atoms with van der Waals surface area (Å²) in [6, 6.07) is 35.0. The van der Waals surface area contributed by atoms with E-state index in [2.05, 4.69) is 72.2 Å². The first-order valence-electron chi connectivity index (χ1n) is 12.1. The lowest BCUT2D eigenvalue weighted by molar-refractivity contribution is 1.06. The first kappa shape index (κ1) is 23.2. The monoisotopic (exact) mass is 471 g/mol. The molecule has 2 aromatic carbocycles. The normalized spacial score (nSPS) is 10.8. The highest BCUT2D eigenvalue weighted by Gasteiger charge is 2.20. The van der Waals surface area contributed by atoms with Gasteiger partial charge < -0.3 is 0 Å². The fraction of sp³-hybridized carbons (Fsp3) is 0.129. The van der Waals surface area contributed by atoms with Crippen molar-refractivity contribution in [1.82, 2.24) is 15.0 Å². The molecule has 0 radical (unpaired) electrons. The van der Waals surface area contributed by atoms with Gasteiger partial charge in [0, 0.05) is 22.8 Å². The minimum Gasteiger partial charge on any atom is -0.279 e. The fourth-order valence-corrected chi connectivity index (χ4v) is 4.27. The van der Waals surface area contributed by atoms with Crippen LogP contribution < -0.4 is 9.80 Å². The van der Waals surface area contributed by atoms with E-state index in [4.69, 9.17) is 15.0 Å². The number of aromatic nitrogens is 3. The standard InChI is InChI=1S/C31H29N5/c1-22-10-5-14-26(20-22)35(28-16-7-12-24(3)32-28)30-18-9-19-31(34-30)36(27-15-6-11-23(2)21-27)29-17-8-13-25(4)33-29/h5-21H,1-4H3. The van der Waals surface area contributed by atoms with Crippen LogP contribution in [0, 0.1) is 27.7 Å². The summed E-state index contributed by atoms with van der Waals surface area (Å²) in [7, 11) is 0. The zero-order chi connectivity index (χ0) is 25.1. The predicted molar refractivity (Wildman–Crippen MR) is 148 cm³/mol. The lowest BCUT2D eigenvalue weighted by atomic mass is 10.2. The van der Waals surface area contributed by atoms with Crippen molar-refractivity contribution in [3.63, 3.8) is 0 Å². The van der Waals surface area contributed by atoms with Crippen LogP contribution in [0.5, 0.6) is 0 Å². The molecule has 0 aliphatic rings. The van der Waals surface area contributed by atoms with Crippen LogP contribution in [0.3, 0.4) is 0 Å². The van der Waals surface area contributed by atoms with Crippen molar-refractivity contribution in [1.29, 1.82) is 0 Å². The van der Waals surface area contributed by atoms with Crippen LogP contribution in [0.4, 0.5) is 34.6 Å². The van der Waals surface area contributed by atoms with E-state index < -0.39 is 0 Å². The average Bonchev–Trinajstić information content (AvgIpc) is 2.85. The fourth-order valence-electron chi connectivity index (χ4n) is 4.27. The molecule has 36 heavy (non-hydrogen) atoms. The van der Waals surface area contributed by atoms with Gasteiger partial charge in [0.1, 0.15) is 23.3 Å². The summed E-state index contributed by atoms with van der Waals surface area (Å²) in [5.74, 6) is 3.20. The number of aryl methyl sites for hydroxylation is 4. The molecule has 0 amide bonds. The second kappa shape index (κ2) is 10.0. The second-order valence-electron chi connectivity index (χ2n) is 8.98. The number of hydrogen-bond acceptors (Lipinski definition) is 5. The summed E-state index contributed by atoms with van der Waals surface area (Å²) < 4.78 is 0. The molecule has 0 unspecified atom stereocenters. The molecule has 0 atom stereocenters. The molecule has 178 valence electrons. The molecule has 0 bridgehead atoms. The maximum Gasteiger partial charge on any atom is 0.141 e. The predicted octanol–water partition coefficient (Wildman–Crippen LogP) is 8.04. The molecule has 0 saturated carbocycles. The summed E-state index contributed by atoms with van der Waals surface area (Å²) in [5, 5.41) is 0. The molecule has 0 saturated heterocycles. The van der Waals surface area contributed by atoms with Crippen LogP contribution in [-0.2, 0) is 0 Å². The summed E-state index contributed by atoms with van der Waals surface area (Å²) >= 11 is 0. The quantitative estimate of drug-likeness (QED) is 0.251. The van der Waals surface area contributed by atoms with Gasteiger partial charge in [-0.1, -0.05) is 42.5 Å². The third kappa shape index (κ3) is 4.96. The van der Waals surface area contributed by atoms with Crippen LogP contribution in [0.15, 0.2) is 103 Å². The first-order valence-corrected chi connectivity index (χ1v) is 12.1. The zero-order valence-corrected chi connectivity index (χ0v) is 21.1. The molecule has 5 aromatic rings. The van der Waals surface area contributed by atoms with E-state index in [1.54, 1.807) is 0 Å². The molecular weight excluding hydrogens is 442 g/mol. The van der Waals surface area contributed by atoms with Crippen molar-refractivity contribution in [3.05, 3.63) is 126 Å². The zero-order valence-electron chi connectivity index (χ0n) is 21.1.